The Morgan fingerprint density at radius 3 is 2.32 bits per heavy atom. The van der Waals surface area contributed by atoms with Gasteiger partial charge in [-0.2, -0.15) is 0 Å². The standard InChI is InChI=1S/C20H23NO/c1-2-3-7-16-10-12-18(13-11-16)21-19(22)20(14-15-20)17-8-5-4-6-9-17/h4-6,8-13H,2-3,7,14-15H2,1H3,(H,21,22). The second-order valence-corrected chi connectivity index (χ2v) is 6.20. The Balaban J connectivity index is 1.67. The van der Waals surface area contributed by atoms with Crippen molar-refractivity contribution in [1.82, 2.24) is 0 Å². The summed E-state index contributed by atoms with van der Waals surface area (Å²) in [5.74, 6) is 0.125. The Kier molecular flexibility index (Phi) is 4.28. The van der Waals surface area contributed by atoms with Crippen LogP contribution in [0.15, 0.2) is 54.6 Å². The van der Waals surface area contributed by atoms with Crippen molar-refractivity contribution in [2.45, 2.75) is 44.4 Å². The number of anilines is 1. The van der Waals surface area contributed by atoms with Gasteiger partial charge in [0.05, 0.1) is 5.41 Å². The molecule has 3 rings (SSSR count). The molecule has 0 atom stereocenters. The number of benzene rings is 2. The van der Waals surface area contributed by atoms with E-state index in [0.29, 0.717) is 0 Å². The van der Waals surface area contributed by atoms with Gasteiger partial charge in [0.25, 0.3) is 0 Å². The van der Waals surface area contributed by atoms with E-state index in [1.165, 1.54) is 18.4 Å². The van der Waals surface area contributed by atoms with Crippen molar-refractivity contribution in [1.29, 1.82) is 0 Å². The molecule has 114 valence electrons. The summed E-state index contributed by atoms with van der Waals surface area (Å²) in [6, 6.07) is 18.4. The number of unbranched alkanes of at least 4 members (excludes halogenated alkanes) is 1. The number of hydrogen-bond donors (Lipinski definition) is 1. The summed E-state index contributed by atoms with van der Waals surface area (Å²) in [4.78, 5) is 12.6. The third-order valence-electron chi connectivity index (χ3n) is 4.54. The van der Waals surface area contributed by atoms with Crippen LogP contribution in [0.5, 0.6) is 0 Å². The number of amides is 1. The summed E-state index contributed by atoms with van der Waals surface area (Å²) >= 11 is 0. The molecule has 22 heavy (non-hydrogen) atoms. The molecule has 2 heteroatoms. The molecule has 1 aliphatic carbocycles. The van der Waals surface area contributed by atoms with Gasteiger partial charge in [-0.1, -0.05) is 55.8 Å². The van der Waals surface area contributed by atoms with Crippen LogP contribution in [0.2, 0.25) is 0 Å². The van der Waals surface area contributed by atoms with E-state index in [9.17, 15) is 4.79 Å². The van der Waals surface area contributed by atoms with Crippen LogP contribution in [0.25, 0.3) is 0 Å². The summed E-state index contributed by atoms with van der Waals surface area (Å²) < 4.78 is 0. The van der Waals surface area contributed by atoms with E-state index in [4.69, 9.17) is 0 Å². The normalized spacial score (nSPS) is 15.3. The molecule has 1 N–H and O–H groups in total. The minimum atomic E-state index is -0.303. The Hall–Kier alpha value is -2.09. The lowest BCUT2D eigenvalue weighted by Gasteiger charge is -2.16. The Morgan fingerprint density at radius 1 is 1.05 bits per heavy atom. The van der Waals surface area contributed by atoms with Crippen molar-refractivity contribution in [3.63, 3.8) is 0 Å². The molecule has 0 aliphatic heterocycles. The van der Waals surface area contributed by atoms with Crippen LogP contribution in [0.1, 0.15) is 43.7 Å². The van der Waals surface area contributed by atoms with Crippen molar-refractivity contribution < 1.29 is 4.79 Å². The van der Waals surface area contributed by atoms with E-state index in [0.717, 1.165) is 30.5 Å². The highest BCUT2D eigenvalue weighted by Crippen LogP contribution is 2.48. The van der Waals surface area contributed by atoms with Crippen LogP contribution in [-0.4, -0.2) is 5.91 Å². The molecule has 1 saturated carbocycles. The van der Waals surface area contributed by atoms with Gasteiger partial charge in [0.2, 0.25) is 5.91 Å². The molecule has 1 amide bonds. The molecule has 2 aromatic carbocycles. The molecular formula is C20H23NO. The number of rotatable bonds is 6. The monoisotopic (exact) mass is 293 g/mol. The zero-order chi connectivity index (χ0) is 15.4. The topological polar surface area (TPSA) is 29.1 Å². The van der Waals surface area contributed by atoms with Crippen molar-refractivity contribution in [2.24, 2.45) is 0 Å². The first-order valence-electron chi connectivity index (χ1n) is 8.20. The lowest BCUT2D eigenvalue weighted by Crippen LogP contribution is -2.27. The largest absolute Gasteiger partial charge is 0.325 e. The Labute approximate surface area is 132 Å². The first kappa shape index (κ1) is 14.8. The Morgan fingerprint density at radius 2 is 1.73 bits per heavy atom. The predicted molar refractivity (Wildman–Crippen MR) is 91.0 cm³/mol. The number of aryl methyl sites for hydroxylation is 1. The fraction of sp³-hybridized carbons (Fsp3) is 0.350. The molecule has 2 aromatic rings. The van der Waals surface area contributed by atoms with Crippen molar-refractivity contribution in [3.05, 3.63) is 65.7 Å². The molecule has 1 fully saturated rings. The van der Waals surface area contributed by atoms with E-state index in [1.54, 1.807) is 0 Å². The van der Waals surface area contributed by atoms with Crippen LogP contribution >= 0.6 is 0 Å². The average molecular weight is 293 g/mol. The minimum Gasteiger partial charge on any atom is -0.325 e. The molecule has 1 aliphatic rings. The predicted octanol–water partition coefficient (Wildman–Crippen LogP) is 4.70. The van der Waals surface area contributed by atoms with Gasteiger partial charge in [0, 0.05) is 5.69 Å². The van der Waals surface area contributed by atoms with Crippen molar-refractivity contribution in [2.75, 3.05) is 5.32 Å². The van der Waals surface area contributed by atoms with Gasteiger partial charge < -0.3 is 5.32 Å². The van der Waals surface area contributed by atoms with Gasteiger partial charge in [-0.15, -0.1) is 0 Å². The van der Waals surface area contributed by atoms with E-state index in [-0.39, 0.29) is 11.3 Å². The number of carbonyl (C=O) groups excluding carboxylic acids is 1. The molecule has 0 heterocycles. The second-order valence-electron chi connectivity index (χ2n) is 6.20. The highest BCUT2D eigenvalue weighted by atomic mass is 16.2. The second kappa shape index (κ2) is 6.35. The first-order chi connectivity index (χ1) is 10.7. The average Bonchev–Trinajstić information content (AvgIpc) is 3.37. The number of nitrogens with one attached hydrogen (secondary N) is 1. The first-order valence-corrected chi connectivity index (χ1v) is 8.20. The SMILES string of the molecule is CCCCc1ccc(NC(=O)C2(c3ccccc3)CC2)cc1. The molecule has 0 saturated heterocycles. The molecule has 0 bridgehead atoms. The fourth-order valence-corrected chi connectivity index (χ4v) is 2.92. The maximum Gasteiger partial charge on any atom is 0.235 e. The molecular weight excluding hydrogens is 270 g/mol. The van der Waals surface area contributed by atoms with Crippen LogP contribution in [0.4, 0.5) is 5.69 Å². The van der Waals surface area contributed by atoms with Crippen LogP contribution in [-0.2, 0) is 16.6 Å². The van der Waals surface area contributed by atoms with Crippen molar-refractivity contribution in [3.8, 4) is 0 Å². The quantitative estimate of drug-likeness (QED) is 0.821. The van der Waals surface area contributed by atoms with Gasteiger partial charge in [0.1, 0.15) is 0 Å². The van der Waals surface area contributed by atoms with E-state index >= 15 is 0 Å². The summed E-state index contributed by atoms with van der Waals surface area (Å²) in [6.07, 6.45) is 5.41. The summed E-state index contributed by atoms with van der Waals surface area (Å²) in [7, 11) is 0. The molecule has 0 radical (unpaired) electrons. The highest BCUT2D eigenvalue weighted by molar-refractivity contribution is 6.01. The van der Waals surface area contributed by atoms with Gasteiger partial charge in [-0.25, -0.2) is 0 Å². The smallest absolute Gasteiger partial charge is 0.235 e. The van der Waals surface area contributed by atoms with Crippen molar-refractivity contribution >= 4 is 11.6 Å². The lowest BCUT2D eigenvalue weighted by molar-refractivity contribution is -0.118. The van der Waals surface area contributed by atoms with Crippen LogP contribution in [0, 0.1) is 0 Å². The van der Waals surface area contributed by atoms with Gasteiger partial charge in [0.15, 0.2) is 0 Å². The molecule has 0 aromatic heterocycles. The zero-order valence-corrected chi connectivity index (χ0v) is 13.1. The van der Waals surface area contributed by atoms with Crippen LogP contribution < -0.4 is 5.32 Å². The summed E-state index contributed by atoms with van der Waals surface area (Å²) in [6.45, 7) is 2.20. The third kappa shape index (κ3) is 3.06. The van der Waals surface area contributed by atoms with E-state index in [1.807, 2.05) is 30.3 Å². The minimum absolute atomic E-state index is 0.125. The summed E-state index contributed by atoms with van der Waals surface area (Å²) in [5.41, 5.74) is 3.06. The molecule has 2 nitrogen and oxygen atoms in total. The highest BCUT2D eigenvalue weighted by Gasteiger charge is 2.51. The third-order valence-corrected chi connectivity index (χ3v) is 4.54. The summed E-state index contributed by atoms with van der Waals surface area (Å²) in [5, 5.41) is 3.09. The fourth-order valence-electron chi connectivity index (χ4n) is 2.92. The number of carbonyl (C=O) groups is 1. The van der Waals surface area contributed by atoms with Gasteiger partial charge in [-0.05, 0) is 48.9 Å². The molecule has 0 spiro atoms. The number of hydrogen-bond acceptors (Lipinski definition) is 1. The van der Waals surface area contributed by atoms with Crippen LogP contribution in [0.3, 0.4) is 0 Å². The van der Waals surface area contributed by atoms with Gasteiger partial charge in [-0.3, -0.25) is 4.79 Å². The molecule has 0 unspecified atom stereocenters. The van der Waals surface area contributed by atoms with E-state index in [2.05, 4.69) is 36.5 Å². The zero-order valence-electron chi connectivity index (χ0n) is 13.1. The van der Waals surface area contributed by atoms with E-state index < -0.39 is 0 Å². The van der Waals surface area contributed by atoms with Gasteiger partial charge >= 0.3 is 0 Å². The maximum atomic E-state index is 12.6. The maximum absolute atomic E-state index is 12.6. The lowest BCUT2D eigenvalue weighted by atomic mass is 9.95. The Bertz CT molecular complexity index is 627.